The number of hydrogen-bond acceptors (Lipinski definition) is 3. The molecule has 0 radical (unpaired) electrons. The molecule has 1 unspecified atom stereocenters. The van der Waals surface area contributed by atoms with Crippen molar-refractivity contribution < 1.29 is 4.74 Å². The van der Waals surface area contributed by atoms with Gasteiger partial charge >= 0.3 is 0 Å². The minimum absolute atomic E-state index is 0.216. The van der Waals surface area contributed by atoms with Crippen LogP contribution in [0.4, 0.5) is 5.69 Å². The molecule has 1 aliphatic carbocycles. The zero-order valence-corrected chi connectivity index (χ0v) is 9.84. The Hall–Kier alpha value is -1.22. The predicted molar refractivity (Wildman–Crippen MR) is 65.2 cm³/mol. The molecule has 0 fully saturated rings. The fraction of sp³-hybridized carbons (Fsp3) is 0.417. The van der Waals surface area contributed by atoms with Gasteiger partial charge in [0.1, 0.15) is 0 Å². The average molecular weight is 237 g/mol. The predicted octanol–water partition coefficient (Wildman–Crippen LogP) is 3.15. The molecule has 0 aromatic heterocycles. The van der Waals surface area contributed by atoms with Crippen LogP contribution in [0.15, 0.2) is 17.1 Å². The number of anilines is 1. The molecule has 0 saturated carbocycles. The molecule has 16 heavy (non-hydrogen) atoms. The van der Waals surface area contributed by atoms with E-state index in [0.717, 1.165) is 30.0 Å². The van der Waals surface area contributed by atoms with Crippen molar-refractivity contribution in [3.05, 3.63) is 28.3 Å². The van der Waals surface area contributed by atoms with Crippen molar-refractivity contribution in [2.75, 3.05) is 12.4 Å². The van der Waals surface area contributed by atoms with Gasteiger partial charge in [0.25, 0.3) is 6.02 Å². The van der Waals surface area contributed by atoms with Crippen LogP contribution >= 0.6 is 11.6 Å². The van der Waals surface area contributed by atoms with E-state index in [1.807, 2.05) is 12.1 Å². The molecular weight excluding hydrogens is 224 g/mol. The van der Waals surface area contributed by atoms with Gasteiger partial charge in [-0.15, -0.1) is 0 Å². The third-order valence-electron chi connectivity index (χ3n) is 3.25. The monoisotopic (exact) mass is 236 g/mol. The lowest BCUT2D eigenvalue weighted by Gasteiger charge is -2.30. The summed E-state index contributed by atoms with van der Waals surface area (Å²) in [7, 11) is 1.64. The smallest absolute Gasteiger partial charge is 0.289 e. The van der Waals surface area contributed by atoms with Crippen molar-refractivity contribution in [3.63, 3.8) is 0 Å². The van der Waals surface area contributed by atoms with Gasteiger partial charge in [-0.25, -0.2) is 4.99 Å². The highest BCUT2D eigenvalue weighted by Gasteiger charge is 2.28. The molecule has 84 valence electrons. The quantitative estimate of drug-likeness (QED) is 0.751. The number of nitrogens with zero attached hydrogens (tertiary/aromatic N) is 1. The third kappa shape index (κ3) is 1.39. The maximum absolute atomic E-state index is 6.22. The van der Waals surface area contributed by atoms with Gasteiger partial charge in [-0.3, -0.25) is 0 Å². The Morgan fingerprint density at radius 2 is 2.38 bits per heavy atom. The molecule has 0 saturated heterocycles. The molecule has 1 N–H and O–H groups in total. The summed E-state index contributed by atoms with van der Waals surface area (Å²) < 4.78 is 5.18. The number of amidine groups is 1. The summed E-state index contributed by atoms with van der Waals surface area (Å²) in [6.45, 7) is 0. The highest BCUT2D eigenvalue weighted by molar-refractivity contribution is 6.31. The Morgan fingerprint density at radius 3 is 3.19 bits per heavy atom. The average Bonchev–Trinajstić information content (AvgIpc) is 2.33. The van der Waals surface area contributed by atoms with Gasteiger partial charge in [0.2, 0.25) is 0 Å². The van der Waals surface area contributed by atoms with E-state index in [0.29, 0.717) is 6.02 Å². The highest BCUT2D eigenvalue weighted by atomic mass is 35.5. The molecule has 1 aromatic rings. The fourth-order valence-corrected chi connectivity index (χ4v) is 2.78. The fourth-order valence-electron chi connectivity index (χ4n) is 2.52. The number of halogens is 1. The summed E-state index contributed by atoms with van der Waals surface area (Å²) in [6.07, 6.45) is 3.27. The Morgan fingerprint density at radius 1 is 1.50 bits per heavy atom. The minimum Gasteiger partial charge on any atom is -0.468 e. The van der Waals surface area contributed by atoms with E-state index in [1.54, 1.807) is 7.11 Å². The second-order valence-electron chi connectivity index (χ2n) is 4.16. The third-order valence-corrected chi connectivity index (χ3v) is 3.60. The number of aliphatic imine (C=N–C) groups is 1. The van der Waals surface area contributed by atoms with Crippen LogP contribution in [0.3, 0.4) is 0 Å². The van der Waals surface area contributed by atoms with E-state index < -0.39 is 0 Å². The first-order valence-corrected chi connectivity index (χ1v) is 5.87. The Kier molecular flexibility index (Phi) is 2.28. The van der Waals surface area contributed by atoms with Gasteiger partial charge in [-0.05, 0) is 37.0 Å². The van der Waals surface area contributed by atoms with Gasteiger partial charge in [0, 0.05) is 16.3 Å². The lowest BCUT2D eigenvalue weighted by molar-refractivity contribution is 0.390. The van der Waals surface area contributed by atoms with Crippen molar-refractivity contribution >= 4 is 23.3 Å². The molecule has 1 atom stereocenters. The molecular formula is C12H13ClN2O. The zero-order chi connectivity index (χ0) is 11.1. The Bertz CT molecular complexity index is 470. The summed E-state index contributed by atoms with van der Waals surface area (Å²) in [5.74, 6) is 0. The van der Waals surface area contributed by atoms with Gasteiger partial charge < -0.3 is 10.1 Å². The molecule has 1 aromatic carbocycles. The number of ether oxygens (including phenoxy) is 1. The normalized spacial score (nSPS) is 21.9. The minimum atomic E-state index is 0.216. The summed E-state index contributed by atoms with van der Waals surface area (Å²) in [6, 6.07) is 4.78. The van der Waals surface area contributed by atoms with Crippen LogP contribution in [0.2, 0.25) is 5.02 Å². The number of methoxy groups -OCH3 is 1. The second kappa shape index (κ2) is 3.67. The van der Waals surface area contributed by atoms with E-state index in [1.165, 1.54) is 11.1 Å². The first-order valence-electron chi connectivity index (χ1n) is 5.49. The van der Waals surface area contributed by atoms with Gasteiger partial charge in [0.15, 0.2) is 0 Å². The van der Waals surface area contributed by atoms with E-state index in [9.17, 15) is 0 Å². The maximum Gasteiger partial charge on any atom is 0.289 e. The van der Waals surface area contributed by atoms with E-state index in [-0.39, 0.29) is 6.04 Å². The standard InChI is InChI=1S/C12H13ClN2O/c1-16-12-14-9-4-2-3-7-8(13)5-6-10(15-12)11(7)9/h5-6,9H,2-4H2,1H3,(H,14,15). The molecule has 0 spiro atoms. The molecule has 3 nitrogen and oxygen atoms in total. The number of benzene rings is 1. The van der Waals surface area contributed by atoms with Crippen LogP contribution in [-0.4, -0.2) is 13.1 Å². The zero-order valence-electron chi connectivity index (χ0n) is 9.09. The first kappa shape index (κ1) is 9.97. The van der Waals surface area contributed by atoms with Crippen LogP contribution in [0, 0.1) is 0 Å². The first-order chi connectivity index (χ1) is 7.79. The SMILES string of the molecule is COC1=NC2CCCc3c(Cl)ccc(c32)N1. The Labute approximate surface area is 99.5 Å². The van der Waals surface area contributed by atoms with Crippen LogP contribution in [0.5, 0.6) is 0 Å². The summed E-state index contributed by atoms with van der Waals surface area (Å²) in [5, 5.41) is 4.04. The van der Waals surface area contributed by atoms with Gasteiger partial charge in [-0.1, -0.05) is 11.6 Å². The molecule has 0 bridgehead atoms. The van der Waals surface area contributed by atoms with Crippen LogP contribution in [0.1, 0.15) is 30.0 Å². The Balaban J connectivity index is 2.16. The van der Waals surface area contributed by atoms with Crippen LogP contribution in [0.25, 0.3) is 0 Å². The van der Waals surface area contributed by atoms with Crippen molar-refractivity contribution in [3.8, 4) is 0 Å². The highest BCUT2D eigenvalue weighted by Crippen LogP contribution is 2.42. The molecule has 4 heteroatoms. The van der Waals surface area contributed by atoms with Crippen molar-refractivity contribution in [2.45, 2.75) is 25.3 Å². The number of rotatable bonds is 0. The number of hydrogen-bond donors (Lipinski definition) is 1. The van der Waals surface area contributed by atoms with Gasteiger partial charge in [0.05, 0.1) is 13.2 Å². The van der Waals surface area contributed by atoms with Crippen molar-refractivity contribution in [1.29, 1.82) is 0 Å². The number of nitrogens with one attached hydrogen (secondary N) is 1. The largest absolute Gasteiger partial charge is 0.468 e. The van der Waals surface area contributed by atoms with Crippen LogP contribution in [-0.2, 0) is 11.2 Å². The second-order valence-corrected chi connectivity index (χ2v) is 4.57. The molecule has 0 amide bonds. The summed E-state index contributed by atoms with van der Waals surface area (Å²) in [5.41, 5.74) is 3.61. The molecule has 1 aliphatic heterocycles. The summed E-state index contributed by atoms with van der Waals surface area (Å²) in [4.78, 5) is 4.54. The lowest BCUT2D eigenvalue weighted by Crippen LogP contribution is -2.24. The van der Waals surface area contributed by atoms with Crippen molar-refractivity contribution in [1.82, 2.24) is 0 Å². The van der Waals surface area contributed by atoms with E-state index >= 15 is 0 Å². The molecule has 3 rings (SSSR count). The van der Waals surface area contributed by atoms with Crippen LogP contribution < -0.4 is 5.32 Å². The van der Waals surface area contributed by atoms with Crippen molar-refractivity contribution in [2.24, 2.45) is 4.99 Å². The maximum atomic E-state index is 6.22. The van der Waals surface area contributed by atoms with E-state index in [2.05, 4.69) is 10.3 Å². The summed E-state index contributed by atoms with van der Waals surface area (Å²) >= 11 is 6.22. The lowest BCUT2D eigenvalue weighted by atomic mass is 9.86. The van der Waals surface area contributed by atoms with E-state index in [4.69, 9.17) is 16.3 Å². The molecule has 2 aliphatic rings. The van der Waals surface area contributed by atoms with Gasteiger partial charge in [-0.2, -0.15) is 0 Å². The topological polar surface area (TPSA) is 33.6 Å². The molecule has 1 heterocycles.